The second kappa shape index (κ2) is 7.47. The molecule has 1 amide bonds. The van der Waals surface area contributed by atoms with Crippen molar-refractivity contribution >= 4 is 5.91 Å². The molecule has 6 nitrogen and oxygen atoms in total. The summed E-state index contributed by atoms with van der Waals surface area (Å²) in [7, 11) is 0. The Morgan fingerprint density at radius 3 is 2.79 bits per heavy atom. The second-order valence-electron chi connectivity index (χ2n) is 6.37. The van der Waals surface area contributed by atoms with Gasteiger partial charge in [-0.15, -0.1) is 0 Å². The van der Waals surface area contributed by atoms with Crippen molar-refractivity contribution < 1.29 is 14.1 Å². The van der Waals surface area contributed by atoms with Gasteiger partial charge in [0.05, 0.1) is 0 Å². The Labute approximate surface area is 141 Å². The molecular formula is C18H23N3O3. The predicted molar refractivity (Wildman–Crippen MR) is 88.7 cm³/mol. The molecule has 0 N–H and O–H groups in total. The summed E-state index contributed by atoms with van der Waals surface area (Å²) in [6, 6.07) is 7.24. The van der Waals surface area contributed by atoms with Gasteiger partial charge in [0.25, 0.3) is 5.91 Å². The summed E-state index contributed by atoms with van der Waals surface area (Å²) in [6.07, 6.45) is 3.36. The number of rotatable bonds is 4. The zero-order valence-electron chi connectivity index (χ0n) is 14.2. The van der Waals surface area contributed by atoms with Crippen LogP contribution in [0.25, 0.3) is 0 Å². The van der Waals surface area contributed by atoms with Crippen LogP contribution in [0.15, 0.2) is 28.8 Å². The molecule has 0 unspecified atom stereocenters. The van der Waals surface area contributed by atoms with Crippen LogP contribution in [0.3, 0.4) is 0 Å². The Morgan fingerprint density at radius 2 is 2.08 bits per heavy atom. The minimum atomic E-state index is 0.101. The molecule has 1 aromatic heterocycles. The van der Waals surface area contributed by atoms with Gasteiger partial charge in [0, 0.05) is 25.6 Å². The number of benzene rings is 1. The number of hydrogen-bond acceptors (Lipinski definition) is 5. The minimum absolute atomic E-state index is 0.101. The van der Waals surface area contributed by atoms with Gasteiger partial charge in [-0.1, -0.05) is 12.1 Å². The summed E-state index contributed by atoms with van der Waals surface area (Å²) in [5.74, 6) is 2.50. The molecule has 0 radical (unpaired) electrons. The molecule has 1 atom stereocenters. The van der Waals surface area contributed by atoms with E-state index in [1.165, 1.54) is 6.42 Å². The highest BCUT2D eigenvalue weighted by Gasteiger charge is 2.19. The lowest BCUT2D eigenvalue weighted by Gasteiger charge is -2.20. The monoisotopic (exact) mass is 329 g/mol. The topological polar surface area (TPSA) is 68.5 Å². The lowest BCUT2D eigenvalue weighted by molar-refractivity contribution is 0.0760. The fraction of sp³-hybridized carbons (Fsp3) is 0.500. The van der Waals surface area contributed by atoms with E-state index in [1.807, 2.05) is 17.0 Å². The Morgan fingerprint density at radius 1 is 1.29 bits per heavy atom. The molecule has 2 heterocycles. The van der Waals surface area contributed by atoms with Crippen LogP contribution in [0.1, 0.15) is 48.3 Å². The standard InChI is InChI=1S/C18H23N3O3/c1-13-4-3-10-21(11-9-13)18(22)15-5-7-16(8-6-15)23-12-17-19-14(2)24-20-17/h5-8,13H,3-4,9-12H2,1-2H3/t13-/m0/s1. The molecule has 1 aliphatic heterocycles. The number of amides is 1. The highest BCUT2D eigenvalue weighted by Crippen LogP contribution is 2.20. The normalized spacial score (nSPS) is 18.2. The van der Waals surface area contributed by atoms with Crippen molar-refractivity contribution in [1.82, 2.24) is 15.0 Å². The maximum absolute atomic E-state index is 12.6. The summed E-state index contributed by atoms with van der Waals surface area (Å²) in [5, 5.41) is 3.78. The average molecular weight is 329 g/mol. The van der Waals surface area contributed by atoms with Gasteiger partial charge in [-0.25, -0.2) is 0 Å². The Bertz CT molecular complexity index is 681. The quantitative estimate of drug-likeness (QED) is 0.861. The number of likely N-dealkylation sites (tertiary alicyclic amines) is 1. The van der Waals surface area contributed by atoms with Crippen molar-refractivity contribution in [3.8, 4) is 5.75 Å². The van der Waals surface area contributed by atoms with E-state index in [-0.39, 0.29) is 12.5 Å². The van der Waals surface area contributed by atoms with Gasteiger partial charge in [0.2, 0.25) is 11.7 Å². The van der Waals surface area contributed by atoms with E-state index in [2.05, 4.69) is 17.1 Å². The van der Waals surface area contributed by atoms with Crippen molar-refractivity contribution in [2.45, 2.75) is 39.7 Å². The van der Waals surface area contributed by atoms with Crippen LogP contribution in [0.4, 0.5) is 0 Å². The smallest absolute Gasteiger partial charge is 0.253 e. The van der Waals surface area contributed by atoms with Crippen molar-refractivity contribution in [3.05, 3.63) is 41.5 Å². The molecule has 1 aliphatic rings. The molecule has 1 fully saturated rings. The lowest BCUT2D eigenvalue weighted by Crippen LogP contribution is -2.31. The van der Waals surface area contributed by atoms with Crippen molar-refractivity contribution in [1.29, 1.82) is 0 Å². The first kappa shape index (κ1) is 16.5. The second-order valence-corrected chi connectivity index (χ2v) is 6.37. The van der Waals surface area contributed by atoms with Gasteiger partial charge < -0.3 is 14.2 Å². The van der Waals surface area contributed by atoms with E-state index in [9.17, 15) is 4.79 Å². The molecule has 1 saturated heterocycles. The van der Waals surface area contributed by atoms with Crippen LogP contribution in [0, 0.1) is 12.8 Å². The summed E-state index contributed by atoms with van der Waals surface area (Å²) in [5.41, 5.74) is 0.701. The van der Waals surface area contributed by atoms with Gasteiger partial charge >= 0.3 is 0 Å². The van der Waals surface area contributed by atoms with Crippen LogP contribution in [0.2, 0.25) is 0 Å². The number of ether oxygens (including phenoxy) is 1. The van der Waals surface area contributed by atoms with Crippen LogP contribution < -0.4 is 4.74 Å². The number of nitrogens with zero attached hydrogens (tertiary/aromatic N) is 3. The lowest BCUT2D eigenvalue weighted by atomic mass is 10.0. The highest BCUT2D eigenvalue weighted by atomic mass is 16.5. The predicted octanol–water partition coefficient (Wildman–Crippen LogP) is 3.22. The molecule has 1 aromatic carbocycles. The first-order valence-electron chi connectivity index (χ1n) is 8.43. The molecule has 128 valence electrons. The molecule has 3 rings (SSSR count). The van der Waals surface area contributed by atoms with Gasteiger partial charge in [-0.2, -0.15) is 4.98 Å². The zero-order valence-corrected chi connectivity index (χ0v) is 14.2. The minimum Gasteiger partial charge on any atom is -0.485 e. The van der Waals surface area contributed by atoms with E-state index < -0.39 is 0 Å². The number of aryl methyl sites for hydroxylation is 1. The van der Waals surface area contributed by atoms with Crippen molar-refractivity contribution in [3.63, 3.8) is 0 Å². The number of carbonyl (C=O) groups is 1. The Kier molecular flexibility index (Phi) is 5.13. The average Bonchev–Trinajstić information content (AvgIpc) is 2.88. The maximum atomic E-state index is 12.6. The van der Waals surface area contributed by atoms with Gasteiger partial charge in [0.15, 0.2) is 6.61 Å². The van der Waals surface area contributed by atoms with Gasteiger partial charge in [0.1, 0.15) is 5.75 Å². The van der Waals surface area contributed by atoms with Gasteiger partial charge in [-0.05, 0) is 49.4 Å². The fourth-order valence-electron chi connectivity index (χ4n) is 2.89. The third kappa shape index (κ3) is 4.13. The summed E-state index contributed by atoms with van der Waals surface area (Å²) >= 11 is 0. The fourth-order valence-corrected chi connectivity index (χ4v) is 2.89. The molecule has 24 heavy (non-hydrogen) atoms. The first-order valence-corrected chi connectivity index (χ1v) is 8.43. The molecule has 0 spiro atoms. The third-order valence-electron chi connectivity index (χ3n) is 4.34. The van der Waals surface area contributed by atoms with Gasteiger partial charge in [-0.3, -0.25) is 4.79 Å². The zero-order chi connectivity index (χ0) is 16.9. The SMILES string of the molecule is Cc1nc(COc2ccc(C(=O)N3CCC[C@H](C)CC3)cc2)no1. The summed E-state index contributed by atoms with van der Waals surface area (Å²) in [6.45, 7) is 5.93. The number of hydrogen-bond donors (Lipinski definition) is 0. The first-order chi connectivity index (χ1) is 11.6. The van der Waals surface area contributed by atoms with E-state index >= 15 is 0 Å². The number of carbonyl (C=O) groups excluding carboxylic acids is 1. The molecule has 0 bridgehead atoms. The van der Waals surface area contributed by atoms with Crippen LogP contribution in [0.5, 0.6) is 5.75 Å². The number of aromatic nitrogens is 2. The van der Waals surface area contributed by atoms with Crippen LogP contribution in [-0.2, 0) is 6.61 Å². The van der Waals surface area contributed by atoms with E-state index in [4.69, 9.17) is 9.26 Å². The molecule has 6 heteroatoms. The molecule has 0 aliphatic carbocycles. The van der Waals surface area contributed by atoms with Crippen molar-refractivity contribution in [2.24, 2.45) is 5.92 Å². The maximum Gasteiger partial charge on any atom is 0.253 e. The molecule has 2 aromatic rings. The Hall–Kier alpha value is -2.37. The Balaban J connectivity index is 1.58. The summed E-state index contributed by atoms with van der Waals surface area (Å²) < 4.78 is 10.5. The largest absolute Gasteiger partial charge is 0.485 e. The van der Waals surface area contributed by atoms with E-state index in [0.717, 1.165) is 25.9 Å². The molecular weight excluding hydrogens is 306 g/mol. The third-order valence-corrected chi connectivity index (χ3v) is 4.34. The van der Waals surface area contributed by atoms with E-state index in [0.29, 0.717) is 28.9 Å². The summed E-state index contributed by atoms with van der Waals surface area (Å²) in [4.78, 5) is 18.6. The van der Waals surface area contributed by atoms with E-state index in [1.54, 1.807) is 19.1 Å². The van der Waals surface area contributed by atoms with Crippen molar-refractivity contribution in [2.75, 3.05) is 13.1 Å². The highest BCUT2D eigenvalue weighted by molar-refractivity contribution is 5.94. The van der Waals surface area contributed by atoms with Crippen LogP contribution in [-0.4, -0.2) is 34.0 Å². The molecule has 0 saturated carbocycles. The van der Waals surface area contributed by atoms with Crippen LogP contribution >= 0.6 is 0 Å².